The molecule has 0 unspecified atom stereocenters. The molecule has 160 valence electrons. The first-order valence-electron chi connectivity index (χ1n) is 10.1. The van der Waals surface area contributed by atoms with E-state index in [0.29, 0.717) is 12.0 Å². The number of anilines is 1. The second-order valence-corrected chi connectivity index (χ2v) is 7.47. The van der Waals surface area contributed by atoms with Crippen LogP contribution in [0.5, 0.6) is 0 Å². The third-order valence-corrected chi connectivity index (χ3v) is 5.33. The molecule has 6 nitrogen and oxygen atoms in total. The van der Waals surface area contributed by atoms with E-state index < -0.39 is 18.5 Å². The van der Waals surface area contributed by atoms with Gasteiger partial charge in [0.05, 0.1) is 5.56 Å². The number of nitrogens with one attached hydrogen (secondary N) is 1. The number of ether oxygens (including phenoxy) is 1. The Labute approximate surface area is 178 Å². The van der Waals surface area contributed by atoms with Crippen LogP contribution in [0.1, 0.15) is 47.3 Å². The van der Waals surface area contributed by atoms with Gasteiger partial charge in [-0.3, -0.25) is 9.59 Å². The van der Waals surface area contributed by atoms with E-state index in [-0.39, 0.29) is 18.5 Å². The molecule has 0 saturated carbocycles. The van der Waals surface area contributed by atoms with E-state index in [1.54, 1.807) is 12.1 Å². The van der Waals surface area contributed by atoms with Gasteiger partial charge >= 0.3 is 5.97 Å². The van der Waals surface area contributed by atoms with Crippen LogP contribution < -0.4 is 5.32 Å². The standard InChI is InChI=1S/C24H30N2O4/c1-6-18(4)26(14-22(27)25-21-13-9-11-16(2)19(21)5)23(28)15-30-24(29)20-12-8-7-10-17(20)3/h7-13,18H,6,14-15H2,1-5H3,(H,25,27)/t18-/m1/s1. The first-order chi connectivity index (χ1) is 14.2. The highest BCUT2D eigenvalue weighted by atomic mass is 16.5. The molecule has 0 bridgehead atoms. The van der Waals surface area contributed by atoms with Crippen LogP contribution >= 0.6 is 0 Å². The van der Waals surface area contributed by atoms with E-state index in [4.69, 9.17) is 4.74 Å². The first kappa shape index (κ1) is 23.1. The summed E-state index contributed by atoms with van der Waals surface area (Å²) in [6, 6.07) is 12.6. The van der Waals surface area contributed by atoms with Crippen molar-refractivity contribution in [3.63, 3.8) is 0 Å². The van der Waals surface area contributed by atoms with E-state index in [1.165, 1.54) is 4.90 Å². The van der Waals surface area contributed by atoms with Gasteiger partial charge in [-0.1, -0.05) is 37.3 Å². The third kappa shape index (κ3) is 5.92. The van der Waals surface area contributed by atoms with Crippen molar-refractivity contribution >= 4 is 23.5 Å². The van der Waals surface area contributed by atoms with Gasteiger partial charge in [0, 0.05) is 11.7 Å². The number of benzene rings is 2. The van der Waals surface area contributed by atoms with Gasteiger partial charge in [0.2, 0.25) is 5.91 Å². The topological polar surface area (TPSA) is 75.7 Å². The Morgan fingerprint density at radius 1 is 1.00 bits per heavy atom. The van der Waals surface area contributed by atoms with Crippen molar-refractivity contribution in [1.82, 2.24) is 4.90 Å². The SMILES string of the molecule is CC[C@@H](C)N(CC(=O)Nc1cccc(C)c1C)C(=O)COC(=O)c1ccccc1C. The summed E-state index contributed by atoms with van der Waals surface area (Å²) < 4.78 is 5.22. The maximum Gasteiger partial charge on any atom is 0.338 e. The number of carbonyl (C=O) groups is 3. The average Bonchev–Trinajstić information content (AvgIpc) is 2.73. The summed E-state index contributed by atoms with van der Waals surface area (Å²) >= 11 is 0. The van der Waals surface area contributed by atoms with Crippen LogP contribution in [-0.2, 0) is 14.3 Å². The lowest BCUT2D eigenvalue weighted by Gasteiger charge is -2.28. The second-order valence-electron chi connectivity index (χ2n) is 7.47. The Bertz CT molecular complexity index is 923. The Balaban J connectivity index is 2.03. The number of hydrogen-bond donors (Lipinski definition) is 1. The molecular formula is C24H30N2O4. The van der Waals surface area contributed by atoms with Crippen molar-refractivity contribution in [3.8, 4) is 0 Å². The zero-order valence-corrected chi connectivity index (χ0v) is 18.3. The smallest absolute Gasteiger partial charge is 0.338 e. The van der Waals surface area contributed by atoms with E-state index in [1.807, 2.05) is 65.0 Å². The molecule has 6 heteroatoms. The molecule has 1 atom stereocenters. The van der Waals surface area contributed by atoms with Gasteiger partial charge in [0.25, 0.3) is 5.91 Å². The Morgan fingerprint density at radius 3 is 2.33 bits per heavy atom. The predicted molar refractivity (Wildman–Crippen MR) is 117 cm³/mol. The van der Waals surface area contributed by atoms with Crippen LogP contribution in [0.3, 0.4) is 0 Å². The summed E-state index contributed by atoms with van der Waals surface area (Å²) in [5.41, 5.74) is 3.99. The molecule has 0 aromatic heterocycles. The summed E-state index contributed by atoms with van der Waals surface area (Å²) in [6.45, 7) is 9.01. The highest BCUT2D eigenvalue weighted by Crippen LogP contribution is 2.18. The van der Waals surface area contributed by atoms with Crippen molar-refractivity contribution < 1.29 is 19.1 Å². The maximum absolute atomic E-state index is 12.7. The largest absolute Gasteiger partial charge is 0.452 e. The number of rotatable bonds is 8. The monoisotopic (exact) mass is 410 g/mol. The van der Waals surface area contributed by atoms with E-state index >= 15 is 0 Å². The minimum atomic E-state index is -0.551. The Morgan fingerprint density at radius 2 is 1.67 bits per heavy atom. The lowest BCUT2D eigenvalue weighted by molar-refractivity contribution is -0.139. The van der Waals surface area contributed by atoms with E-state index in [0.717, 1.165) is 22.4 Å². The van der Waals surface area contributed by atoms with Crippen molar-refractivity contribution in [1.29, 1.82) is 0 Å². The molecule has 0 aliphatic heterocycles. The Kier molecular flexibility index (Phi) is 8.16. The van der Waals surface area contributed by atoms with Crippen molar-refractivity contribution in [3.05, 3.63) is 64.7 Å². The zero-order valence-electron chi connectivity index (χ0n) is 18.3. The molecule has 0 saturated heterocycles. The molecule has 1 N–H and O–H groups in total. The number of nitrogens with zero attached hydrogens (tertiary/aromatic N) is 1. The van der Waals surface area contributed by atoms with Crippen LogP contribution in [0.15, 0.2) is 42.5 Å². The molecule has 0 fully saturated rings. The summed E-state index contributed by atoms with van der Waals surface area (Å²) in [5, 5.41) is 2.87. The highest BCUT2D eigenvalue weighted by Gasteiger charge is 2.24. The van der Waals surface area contributed by atoms with E-state index in [9.17, 15) is 14.4 Å². The van der Waals surface area contributed by atoms with Gasteiger partial charge in [-0.15, -0.1) is 0 Å². The number of carbonyl (C=O) groups excluding carboxylic acids is 3. The van der Waals surface area contributed by atoms with Crippen LogP contribution in [0.2, 0.25) is 0 Å². The van der Waals surface area contributed by atoms with Crippen LogP contribution in [0, 0.1) is 20.8 Å². The van der Waals surface area contributed by atoms with Crippen molar-refractivity contribution in [2.24, 2.45) is 0 Å². The average molecular weight is 411 g/mol. The molecule has 2 rings (SSSR count). The number of hydrogen-bond acceptors (Lipinski definition) is 4. The highest BCUT2D eigenvalue weighted by molar-refractivity contribution is 5.96. The van der Waals surface area contributed by atoms with Crippen molar-refractivity contribution in [2.45, 2.75) is 47.1 Å². The quantitative estimate of drug-likeness (QED) is 0.667. The maximum atomic E-state index is 12.7. The summed E-state index contributed by atoms with van der Waals surface area (Å²) in [5.74, 6) is -1.24. The minimum absolute atomic E-state index is 0.108. The zero-order chi connectivity index (χ0) is 22.3. The van der Waals surface area contributed by atoms with Gasteiger partial charge in [0.15, 0.2) is 6.61 Å². The second kappa shape index (κ2) is 10.6. The molecule has 0 heterocycles. The van der Waals surface area contributed by atoms with Gasteiger partial charge in [-0.05, 0) is 62.9 Å². The predicted octanol–water partition coefficient (Wildman–Crippen LogP) is 4.03. The van der Waals surface area contributed by atoms with Crippen LogP contribution in [0.4, 0.5) is 5.69 Å². The number of aryl methyl sites for hydroxylation is 2. The molecule has 0 aliphatic rings. The lowest BCUT2D eigenvalue weighted by atomic mass is 10.1. The fourth-order valence-electron chi connectivity index (χ4n) is 3.03. The van der Waals surface area contributed by atoms with Crippen molar-refractivity contribution in [2.75, 3.05) is 18.5 Å². The van der Waals surface area contributed by atoms with Gasteiger partial charge in [-0.25, -0.2) is 4.79 Å². The lowest BCUT2D eigenvalue weighted by Crippen LogP contribution is -2.45. The fourth-order valence-corrected chi connectivity index (χ4v) is 3.03. The molecule has 30 heavy (non-hydrogen) atoms. The third-order valence-electron chi connectivity index (χ3n) is 5.33. The number of amides is 2. The molecule has 2 aromatic carbocycles. The van der Waals surface area contributed by atoms with Crippen LogP contribution in [0.25, 0.3) is 0 Å². The molecule has 0 radical (unpaired) electrons. The molecule has 2 aromatic rings. The minimum Gasteiger partial charge on any atom is -0.452 e. The van der Waals surface area contributed by atoms with Gasteiger partial charge in [-0.2, -0.15) is 0 Å². The first-order valence-corrected chi connectivity index (χ1v) is 10.1. The molecular weight excluding hydrogens is 380 g/mol. The van der Waals surface area contributed by atoms with Crippen LogP contribution in [-0.4, -0.2) is 41.9 Å². The number of esters is 1. The molecule has 0 aliphatic carbocycles. The van der Waals surface area contributed by atoms with Gasteiger partial charge in [0.1, 0.15) is 6.54 Å². The summed E-state index contributed by atoms with van der Waals surface area (Å²) in [7, 11) is 0. The summed E-state index contributed by atoms with van der Waals surface area (Å²) in [4.78, 5) is 39.1. The normalized spacial score (nSPS) is 11.5. The molecule has 0 spiro atoms. The van der Waals surface area contributed by atoms with E-state index in [2.05, 4.69) is 5.32 Å². The Hall–Kier alpha value is -3.15. The van der Waals surface area contributed by atoms with Gasteiger partial charge < -0.3 is 15.0 Å². The summed E-state index contributed by atoms with van der Waals surface area (Å²) in [6.07, 6.45) is 0.675. The fraction of sp³-hybridized carbons (Fsp3) is 0.375. The molecule has 2 amide bonds.